The first-order chi connectivity index (χ1) is 15.6. The minimum atomic E-state index is -0.264. The third kappa shape index (κ3) is 4.12. The SMILES string of the molecule is CC(=O)[C@H]1CC[C@H]2[C@@H]3CC[C@H]4C[C@](C)(OC(=O)CCC5CCCC5)CC[C@]4(C)[C@H]3CC[C@]12C. The first-order valence-corrected chi connectivity index (χ1v) is 14.4. The maximum atomic E-state index is 12.7. The van der Waals surface area contributed by atoms with E-state index in [1.54, 1.807) is 0 Å². The normalized spacial score (nSPS) is 47.5. The smallest absolute Gasteiger partial charge is 0.306 e. The second-order valence-electron chi connectivity index (χ2n) is 13.8. The average molecular weight is 457 g/mol. The minimum Gasteiger partial charge on any atom is -0.459 e. The topological polar surface area (TPSA) is 43.4 Å². The number of esters is 1. The lowest BCUT2D eigenvalue weighted by Gasteiger charge is -2.62. The zero-order valence-corrected chi connectivity index (χ0v) is 21.8. The maximum absolute atomic E-state index is 12.7. The summed E-state index contributed by atoms with van der Waals surface area (Å²) in [6.45, 7) is 9.08. The molecule has 5 aliphatic rings. The lowest BCUT2D eigenvalue weighted by Crippen LogP contribution is -2.56. The number of Topliss-reactive ketones (excluding diaryl/α,β-unsaturated/α-hetero) is 1. The predicted octanol–water partition coefficient (Wildman–Crippen LogP) is 7.51. The van der Waals surface area contributed by atoms with Crippen LogP contribution in [-0.4, -0.2) is 17.4 Å². The lowest BCUT2D eigenvalue weighted by molar-refractivity contribution is -0.181. The van der Waals surface area contributed by atoms with Gasteiger partial charge in [-0.15, -0.1) is 0 Å². The van der Waals surface area contributed by atoms with Gasteiger partial charge in [0.1, 0.15) is 11.4 Å². The van der Waals surface area contributed by atoms with Gasteiger partial charge < -0.3 is 4.74 Å². The molecule has 3 nitrogen and oxygen atoms in total. The molecule has 0 N–H and O–H groups in total. The number of ether oxygens (including phenoxy) is 1. The van der Waals surface area contributed by atoms with Crippen LogP contribution in [0.4, 0.5) is 0 Å². The predicted molar refractivity (Wildman–Crippen MR) is 132 cm³/mol. The Bertz CT molecular complexity index is 769. The second kappa shape index (κ2) is 8.66. The van der Waals surface area contributed by atoms with Crippen LogP contribution in [0.2, 0.25) is 0 Å². The molecule has 5 saturated carbocycles. The molecule has 186 valence electrons. The molecule has 0 aromatic carbocycles. The van der Waals surface area contributed by atoms with E-state index in [1.807, 2.05) is 6.92 Å². The summed E-state index contributed by atoms with van der Waals surface area (Å²) in [4.78, 5) is 25.1. The fraction of sp³-hybridized carbons (Fsp3) is 0.933. The largest absolute Gasteiger partial charge is 0.459 e. The van der Waals surface area contributed by atoms with Crippen LogP contribution in [0.1, 0.15) is 124 Å². The molecule has 0 aromatic heterocycles. The van der Waals surface area contributed by atoms with Crippen LogP contribution in [0.3, 0.4) is 0 Å². The molecule has 0 aromatic rings. The molecule has 0 heterocycles. The highest BCUT2D eigenvalue weighted by molar-refractivity contribution is 5.79. The number of carbonyl (C=O) groups excluding carboxylic acids is 2. The van der Waals surface area contributed by atoms with Gasteiger partial charge in [0.15, 0.2) is 0 Å². The van der Waals surface area contributed by atoms with E-state index in [0.717, 1.165) is 49.4 Å². The summed E-state index contributed by atoms with van der Waals surface area (Å²) in [6, 6.07) is 0. The van der Waals surface area contributed by atoms with Gasteiger partial charge in [-0.25, -0.2) is 0 Å². The van der Waals surface area contributed by atoms with E-state index in [4.69, 9.17) is 4.74 Å². The highest BCUT2D eigenvalue weighted by Crippen LogP contribution is 2.68. The maximum Gasteiger partial charge on any atom is 0.306 e. The molecule has 0 spiro atoms. The summed E-state index contributed by atoms with van der Waals surface area (Å²) in [6.07, 6.45) is 17.7. The third-order valence-electron chi connectivity index (χ3n) is 12.0. The van der Waals surface area contributed by atoms with E-state index in [2.05, 4.69) is 20.8 Å². The van der Waals surface area contributed by atoms with Gasteiger partial charge in [-0.2, -0.15) is 0 Å². The monoisotopic (exact) mass is 456 g/mol. The molecule has 0 unspecified atom stereocenters. The van der Waals surface area contributed by atoms with E-state index >= 15 is 0 Å². The molecule has 33 heavy (non-hydrogen) atoms. The van der Waals surface area contributed by atoms with Crippen LogP contribution in [-0.2, 0) is 14.3 Å². The minimum absolute atomic E-state index is 0.0522. The third-order valence-corrected chi connectivity index (χ3v) is 12.0. The van der Waals surface area contributed by atoms with Gasteiger partial charge in [-0.1, -0.05) is 39.5 Å². The number of carbonyl (C=O) groups is 2. The molecular formula is C30H48O3. The van der Waals surface area contributed by atoms with E-state index in [0.29, 0.717) is 29.5 Å². The Morgan fingerprint density at radius 3 is 2.27 bits per heavy atom. The van der Waals surface area contributed by atoms with Crippen LogP contribution in [0.25, 0.3) is 0 Å². The Balaban J connectivity index is 1.23. The van der Waals surface area contributed by atoms with Crippen molar-refractivity contribution >= 4 is 11.8 Å². The number of ketones is 1. The van der Waals surface area contributed by atoms with Crippen molar-refractivity contribution in [2.75, 3.05) is 0 Å². The first-order valence-electron chi connectivity index (χ1n) is 14.4. The summed E-state index contributed by atoms with van der Waals surface area (Å²) in [7, 11) is 0. The van der Waals surface area contributed by atoms with Crippen molar-refractivity contribution in [2.45, 2.75) is 130 Å². The van der Waals surface area contributed by atoms with Crippen molar-refractivity contribution in [3.8, 4) is 0 Å². The van der Waals surface area contributed by atoms with Crippen LogP contribution >= 0.6 is 0 Å². The van der Waals surface area contributed by atoms with E-state index in [-0.39, 0.29) is 17.0 Å². The molecule has 8 atom stereocenters. The van der Waals surface area contributed by atoms with Crippen LogP contribution in [0.5, 0.6) is 0 Å². The summed E-state index contributed by atoms with van der Waals surface area (Å²) in [5.74, 6) is 4.55. The van der Waals surface area contributed by atoms with Gasteiger partial charge in [-0.3, -0.25) is 9.59 Å². The molecule has 5 fully saturated rings. The fourth-order valence-electron chi connectivity index (χ4n) is 10.1. The Kier molecular flexibility index (Phi) is 6.26. The van der Waals surface area contributed by atoms with E-state index in [1.165, 1.54) is 64.2 Å². The van der Waals surface area contributed by atoms with Gasteiger partial charge in [0.2, 0.25) is 0 Å². The molecule has 0 aliphatic heterocycles. The number of fused-ring (bicyclic) bond motifs is 5. The molecule has 0 radical (unpaired) electrons. The van der Waals surface area contributed by atoms with Crippen molar-refractivity contribution in [3.63, 3.8) is 0 Å². The molecule has 0 amide bonds. The highest BCUT2D eigenvalue weighted by Gasteiger charge is 2.61. The molecule has 5 aliphatic carbocycles. The molecule has 0 saturated heterocycles. The van der Waals surface area contributed by atoms with Crippen molar-refractivity contribution < 1.29 is 14.3 Å². The van der Waals surface area contributed by atoms with Gasteiger partial charge in [0.25, 0.3) is 0 Å². The Hall–Kier alpha value is -0.860. The van der Waals surface area contributed by atoms with Crippen LogP contribution in [0.15, 0.2) is 0 Å². The average Bonchev–Trinajstić information content (AvgIpc) is 3.40. The van der Waals surface area contributed by atoms with E-state index < -0.39 is 0 Å². The number of hydrogen-bond donors (Lipinski definition) is 0. The summed E-state index contributed by atoms with van der Waals surface area (Å²) in [5, 5.41) is 0. The van der Waals surface area contributed by atoms with Crippen LogP contribution < -0.4 is 0 Å². The standard InChI is InChI=1S/C30H48O3/c1-20(31)24-12-13-25-23-11-10-22-19-28(2,33-27(32)14-9-21-7-5-6-8-21)17-18-29(22,3)26(23)15-16-30(24,25)4/h21-26H,5-19H2,1-4H3/t22-,23-,24+,25-,26-,28+,29-,30+/m0/s1. The second-order valence-corrected chi connectivity index (χ2v) is 13.8. The van der Waals surface area contributed by atoms with Crippen molar-refractivity contribution in [1.82, 2.24) is 0 Å². The Morgan fingerprint density at radius 2 is 1.55 bits per heavy atom. The number of rotatable bonds is 5. The van der Waals surface area contributed by atoms with Crippen molar-refractivity contribution in [1.29, 1.82) is 0 Å². The Labute approximate surface area is 202 Å². The Morgan fingerprint density at radius 1 is 0.818 bits per heavy atom. The van der Waals surface area contributed by atoms with Crippen molar-refractivity contribution in [2.24, 2.45) is 46.3 Å². The first kappa shape index (κ1) is 23.9. The fourth-order valence-corrected chi connectivity index (χ4v) is 10.1. The summed E-state index contributed by atoms with van der Waals surface area (Å²) >= 11 is 0. The quantitative estimate of drug-likeness (QED) is 0.402. The van der Waals surface area contributed by atoms with Crippen LogP contribution in [0, 0.1) is 46.3 Å². The highest BCUT2D eigenvalue weighted by atomic mass is 16.6. The molecule has 3 heteroatoms. The molecule has 5 rings (SSSR count). The van der Waals surface area contributed by atoms with Crippen molar-refractivity contribution in [3.05, 3.63) is 0 Å². The number of hydrogen-bond acceptors (Lipinski definition) is 3. The zero-order chi connectivity index (χ0) is 23.4. The summed E-state index contributed by atoms with van der Waals surface area (Å²) < 4.78 is 6.22. The summed E-state index contributed by atoms with van der Waals surface area (Å²) in [5.41, 5.74) is 0.364. The van der Waals surface area contributed by atoms with Gasteiger partial charge in [0.05, 0.1) is 0 Å². The van der Waals surface area contributed by atoms with Gasteiger partial charge in [0, 0.05) is 12.3 Å². The molecular weight excluding hydrogens is 408 g/mol. The zero-order valence-electron chi connectivity index (χ0n) is 21.8. The van der Waals surface area contributed by atoms with Gasteiger partial charge in [-0.05, 0) is 118 Å². The molecule has 0 bridgehead atoms. The van der Waals surface area contributed by atoms with Gasteiger partial charge >= 0.3 is 5.97 Å². The lowest BCUT2D eigenvalue weighted by atomic mass is 9.44. The van der Waals surface area contributed by atoms with E-state index in [9.17, 15) is 9.59 Å².